The highest BCUT2D eigenvalue weighted by Gasteiger charge is 2.28. The smallest absolute Gasteiger partial charge is 0.243 e. The molecule has 6 heteroatoms. The molecular weight excluding hydrogens is 282 g/mol. The van der Waals surface area contributed by atoms with Crippen LogP contribution in [-0.2, 0) is 10.0 Å². The van der Waals surface area contributed by atoms with E-state index in [9.17, 15) is 13.5 Å². The molecule has 0 aliphatic carbocycles. The third kappa shape index (κ3) is 3.31. The van der Waals surface area contributed by atoms with E-state index in [4.69, 9.17) is 0 Å². The van der Waals surface area contributed by atoms with Crippen molar-refractivity contribution in [3.8, 4) is 0 Å². The van der Waals surface area contributed by atoms with Crippen molar-refractivity contribution >= 4 is 21.8 Å². The molecule has 19 heavy (non-hydrogen) atoms. The highest BCUT2D eigenvalue weighted by Crippen LogP contribution is 2.25. The van der Waals surface area contributed by atoms with Crippen LogP contribution in [0.1, 0.15) is 25.5 Å². The van der Waals surface area contributed by atoms with Crippen LogP contribution in [-0.4, -0.2) is 41.9 Å². The zero-order chi connectivity index (χ0) is 14.0. The molecule has 1 fully saturated rings. The SMILES string of the molecule is CC1CN(S(=O)(=O)c2ccc(C(C)O)cc2)CCS1. The molecule has 0 aromatic heterocycles. The number of sulfonamides is 1. The molecule has 2 rings (SSSR count). The molecule has 1 aromatic carbocycles. The largest absolute Gasteiger partial charge is 0.389 e. The molecule has 0 amide bonds. The van der Waals surface area contributed by atoms with Crippen molar-refractivity contribution in [3.05, 3.63) is 29.8 Å². The second-order valence-corrected chi connectivity index (χ2v) is 8.27. The quantitative estimate of drug-likeness (QED) is 0.926. The fraction of sp³-hybridized carbons (Fsp3) is 0.538. The van der Waals surface area contributed by atoms with Gasteiger partial charge in [-0.2, -0.15) is 16.1 Å². The van der Waals surface area contributed by atoms with Gasteiger partial charge in [-0.25, -0.2) is 8.42 Å². The van der Waals surface area contributed by atoms with Gasteiger partial charge in [0.15, 0.2) is 0 Å². The highest BCUT2D eigenvalue weighted by atomic mass is 32.2. The van der Waals surface area contributed by atoms with Crippen LogP contribution in [0.15, 0.2) is 29.2 Å². The van der Waals surface area contributed by atoms with Gasteiger partial charge in [0.2, 0.25) is 10.0 Å². The lowest BCUT2D eigenvalue weighted by Gasteiger charge is -2.29. The first kappa shape index (κ1) is 14.8. The van der Waals surface area contributed by atoms with Crippen molar-refractivity contribution in [2.45, 2.75) is 30.1 Å². The normalized spacial score (nSPS) is 23.2. The molecule has 106 valence electrons. The lowest BCUT2D eigenvalue weighted by molar-refractivity contribution is 0.199. The van der Waals surface area contributed by atoms with Gasteiger partial charge in [0.25, 0.3) is 0 Å². The van der Waals surface area contributed by atoms with Crippen molar-refractivity contribution in [3.63, 3.8) is 0 Å². The Balaban J connectivity index is 2.23. The van der Waals surface area contributed by atoms with Crippen molar-refractivity contribution < 1.29 is 13.5 Å². The Hall–Kier alpha value is -0.560. The summed E-state index contributed by atoms with van der Waals surface area (Å²) in [5.74, 6) is 0.839. The number of nitrogens with zero attached hydrogens (tertiary/aromatic N) is 1. The van der Waals surface area contributed by atoms with Gasteiger partial charge in [-0.15, -0.1) is 0 Å². The third-order valence-corrected chi connectivity index (χ3v) is 6.22. The molecular formula is C13H19NO3S2. The maximum atomic E-state index is 12.5. The van der Waals surface area contributed by atoms with Crippen LogP contribution < -0.4 is 0 Å². The Kier molecular flexibility index (Phi) is 4.55. The minimum absolute atomic E-state index is 0.302. The Morgan fingerprint density at radius 3 is 2.53 bits per heavy atom. The first-order valence-electron chi connectivity index (χ1n) is 6.31. The molecule has 4 nitrogen and oxygen atoms in total. The molecule has 2 atom stereocenters. The first-order valence-corrected chi connectivity index (χ1v) is 8.80. The highest BCUT2D eigenvalue weighted by molar-refractivity contribution is 8.00. The Bertz CT molecular complexity index is 525. The van der Waals surface area contributed by atoms with E-state index in [1.54, 1.807) is 47.3 Å². The van der Waals surface area contributed by atoms with Crippen molar-refractivity contribution in [1.29, 1.82) is 0 Å². The van der Waals surface area contributed by atoms with E-state index < -0.39 is 16.1 Å². The predicted molar refractivity (Wildman–Crippen MR) is 77.8 cm³/mol. The summed E-state index contributed by atoms with van der Waals surface area (Å²) in [4.78, 5) is 0.302. The number of aliphatic hydroxyl groups excluding tert-OH is 1. The molecule has 0 saturated carbocycles. The standard InChI is InChI=1S/C13H19NO3S2/c1-10-9-14(7-8-18-10)19(16,17)13-5-3-12(4-6-13)11(2)15/h3-6,10-11,15H,7-9H2,1-2H3. The van der Waals surface area contributed by atoms with E-state index in [1.165, 1.54) is 0 Å². The summed E-state index contributed by atoms with van der Waals surface area (Å²) < 4.78 is 26.5. The maximum absolute atomic E-state index is 12.5. The van der Waals surface area contributed by atoms with Crippen LogP contribution in [0.4, 0.5) is 0 Å². The minimum atomic E-state index is -3.40. The van der Waals surface area contributed by atoms with Gasteiger partial charge < -0.3 is 5.11 Å². The number of thioether (sulfide) groups is 1. The minimum Gasteiger partial charge on any atom is -0.389 e. The van der Waals surface area contributed by atoms with Crippen LogP contribution in [0.5, 0.6) is 0 Å². The monoisotopic (exact) mass is 301 g/mol. The lowest BCUT2D eigenvalue weighted by Crippen LogP contribution is -2.40. The van der Waals surface area contributed by atoms with E-state index in [2.05, 4.69) is 0 Å². The average molecular weight is 301 g/mol. The van der Waals surface area contributed by atoms with E-state index >= 15 is 0 Å². The predicted octanol–water partition coefficient (Wildman–Crippen LogP) is 1.87. The molecule has 0 spiro atoms. The van der Waals surface area contributed by atoms with Gasteiger partial charge in [0, 0.05) is 24.1 Å². The first-order chi connectivity index (χ1) is 8.91. The second-order valence-electron chi connectivity index (χ2n) is 4.79. The number of rotatable bonds is 3. The summed E-state index contributed by atoms with van der Waals surface area (Å²) in [6, 6.07) is 6.48. The molecule has 2 unspecified atom stereocenters. The summed E-state index contributed by atoms with van der Waals surface area (Å²) >= 11 is 1.80. The van der Waals surface area contributed by atoms with E-state index in [0.717, 1.165) is 11.3 Å². The molecule has 1 aromatic rings. The van der Waals surface area contributed by atoms with Gasteiger partial charge in [-0.1, -0.05) is 19.1 Å². The van der Waals surface area contributed by atoms with Gasteiger partial charge >= 0.3 is 0 Å². The van der Waals surface area contributed by atoms with Crippen LogP contribution in [0.3, 0.4) is 0 Å². The Labute approximate surface area is 118 Å². The molecule has 0 bridgehead atoms. The van der Waals surface area contributed by atoms with Crippen molar-refractivity contribution in [2.75, 3.05) is 18.8 Å². The second kappa shape index (κ2) is 5.83. The zero-order valence-electron chi connectivity index (χ0n) is 11.1. The summed E-state index contributed by atoms with van der Waals surface area (Å²) in [6.07, 6.45) is -0.580. The average Bonchev–Trinajstić information content (AvgIpc) is 2.39. The molecule has 0 radical (unpaired) electrons. The van der Waals surface area contributed by atoms with Crippen LogP contribution in [0.25, 0.3) is 0 Å². The molecule has 1 saturated heterocycles. The maximum Gasteiger partial charge on any atom is 0.243 e. The number of hydrogen-bond donors (Lipinski definition) is 1. The summed E-state index contributed by atoms with van der Waals surface area (Å²) in [7, 11) is -3.40. The van der Waals surface area contributed by atoms with Crippen molar-refractivity contribution in [1.82, 2.24) is 4.31 Å². The Morgan fingerprint density at radius 2 is 2.00 bits per heavy atom. The van der Waals surface area contributed by atoms with Crippen molar-refractivity contribution in [2.24, 2.45) is 0 Å². The molecule has 1 aliphatic heterocycles. The lowest BCUT2D eigenvalue weighted by atomic mass is 10.1. The van der Waals surface area contributed by atoms with Crippen LogP contribution >= 0.6 is 11.8 Å². The third-order valence-electron chi connectivity index (χ3n) is 3.20. The zero-order valence-corrected chi connectivity index (χ0v) is 12.7. The van der Waals surface area contributed by atoms with Gasteiger partial charge in [0.05, 0.1) is 11.0 Å². The fourth-order valence-electron chi connectivity index (χ4n) is 2.07. The summed E-state index contributed by atoms with van der Waals surface area (Å²) in [5, 5.41) is 9.77. The van der Waals surface area contributed by atoms with E-state index in [-0.39, 0.29) is 0 Å². The van der Waals surface area contributed by atoms with Gasteiger partial charge in [-0.05, 0) is 24.6 Å². The number of hydrogen-bond acceptors (Lipinski definition) is 4. The summed E-state index contributed by atoms with van der Waals surface area (Å²) in [5.41, 5.74) is 0.724. The molecule has 1 N–H and O–H groups in total. The fourth-order valence-corrected chi connectivity index (χ4v) is 4.83. The number of aliphatic hydroxyl groups is 1. The van der Waals surface area contributed by atoms with Crippen LogP contribution in [0.2, 0.25) is 0 Å². The van der Waals surface area contributed by atoms with E-state index in [1.807, 2.05) is 6.92 Å². The number of benzene rings is 1. The Morgan fingerprint density at radius 1 is 1.37 bits per heavy atom. The van der Waals surface area contributed by atoms with Gasteiger partial charge in [0.1, 0.15) is 0 Å². The molecule has 1 aliphatic rings. The topological polar surface area (TPSA) is 57.6 Å². The van der Waals surface area contributed by atoms with E-state index in [0.29, 0.717) is 23.2 Å². The molecule has 1 heterocycles. The van der Waals surface area contributed by atoms with Gasteiger partial charge in [-0.3, -0.25) is 0 Å². The van der Waals surface area contributed by atoms with Crippen LogP contribution in [0, 0.1) is 0 Å². The summed E-state index contributed by atoms with van der Waals surface area (Å²) in [6.45, 7) is 4.83.